The zero-order chi connectivity index (χ0) is 17.6. The Morgan fingerprint density at radius 3 is 2.33 bits per heavy atom. The molecule has 6 heteroatoms. The van der Waals surface area contributed by atoms with E-state index in [2.05, 4.69) is 0 Å². The lowest BCUT2D eigenvalue weighted by molar-refractivity contribution is 0.0692. The highest BCUT2D eigenvalue weighted by Crippen LogP contribution is 2.38. The highest BCUT2D eigenvalue weighted by molar-refractivity contribution is 6.30. The van der Waals surface area contributed by atoms with Gasteiger partial charge in [0.2, 0.25) is 0 Å². The Balaban J connectivity index is 2.41. The Morgan fingerprint density at radius 2 is 1.71 bits per heavy atom. The summed E-state index contributed by atoms with van der Waals surface area (Å²) in [7, 11) is 0. The number of carboxylic acid groups (broad SMARTS) is 1. The van der Waals surface area contributed by atoms with E-state index >= 15 is 0 Å². The Kier molecular flexibility index (Phi) is 3.60. The number of phenols is 2. The van der Waals surface area contributed by atoms with Crippen molar-refractivity contribution in [2.45, 2.75) is 19.8 Å². The first-order valence-electron chi connectivity index (χ1n) is 7.42. The summed E-state index contributed by atoms with van der Waals surface area (Å²) in [5.74, 6) is -3.39. The number of hydrogen-bond donors (Lipinski definition) is 3. The van der Waals surface area contributed by atoms with Gasteiger partial charge in [-0.05, 0) is 24.1 Å². The molecule has 0 atom stereocenters. The first kappa shape index (κ1) is 15.7. The molecule has 0 unspecified atom stereocenters. The fraction of sp³-hybridized carbons (Fsp3) is 0.167. The minimum Gasteiger partial charge on any atom is -0.507 e. The molecule has 24 heavy (non-hydrogen) atoms. The normalized spacial score (nSPS) is 12.7. The van der Waals surface area contributed by atoms with E-state index in [9.17, 15) is 29.7 Å². The van der Waals surface area contributed by atoms with E-state index in [0.29, 0.717) is 6.42 Å². The third-order valence-electron chi connectivity index (χ3n) is 4.11. The van der Waals surface area contributed by atoms with E-state index in [1.807, 2.05) is 0 Å². The van der Waals surface area contributed by atoms with Crippen LogP contribution in [0.2, 0.25) is 0 Å². The fourth-order valence-electron chi connectivity index (χ4n) is 3.14. The van der Waals surface area contributed by atoms with Crippen LogP contribution in [-0.2, 0) is 6.42 Å². The van der Waals surface area contributed by atoms with Gasteiger partial charge in [0.15, 0.2) is 11.6 Å². The maximum absolute atomic E-state index is 12.9. The van der Waals surface area contributed by atoms with Gasteiger partial charge in [0.25, 0.3) is 0 Å². The van der Waals surface area contributed by atoms with Crippen LogP contribution < -0.4 is 0 Å². The van der Waals surface area contributed by atoms with Crippen molar-refractivity contribution in [1.82, 2.24) is 0 Å². The molecule has 0 bridgehead atoms. The zero-order valence-corrected chi connectivity index (χ0v) is 12.8. The van der Waals surface area contributed by atoms with Crippen LogP contribution in [0.4, 0.5) is 0 Å². The zero-order valence-electron chi connectivity index (χ0n) is 12.8. The van der Waals surface area contributed by atoms with Crippen molar-refractivity contribution in [3.63, 3.8) is 0 Å². The lowest BCUT2D eigenvalue weighted by Gasteiger charge is -2.22. The van der Waals surface area contributed by atoms with Crippen LogP contribution in [0.3, 0.4) is 0 Å². The van der Waals surface area contributed by atoms with Gasteiger partial charge in [0.05, 0.1) is 5.56 Å². The smallest absolute Gasteiger partial charge is 0.339 e. The summed E-state index contributed by atoms with van der Waals surface area (Å²) in [4.78, 5) is 37.0. The molecule has 0 spiro atoms. The molecule has 3 N–H and O–H groups in total. The van der Waals surface area contributed by atoms with E-state index in [-0.39, 0.29) is 45.6 Å². The predicted molar refractivity (Wildman–Crippen MR) is 84.0 cm³/mol. The Labute approximate surface area is 137 Å². The standard InChI is InChI=1S/C18H14O6/c1-2-4-8-13-10(7-12(20)15(8)18(23)24)16(21)9-5-3-6-11(19)14(9)17(13)22/h3,5-7,19-20H,2,4H2,1H3,(H,23,24)/i2+1,3+1,8+1,9+1,10+1,11+1,12+1,17+1,18+1. The molecule has 0 amide bonds. The summed E-state index contributed by atoms with van der Waals surface area (Å²) in [6, 6.07) is 5.18. The second-order valence-corrected chi connectivity index (χ2v) is 5.58. The largest absolute Gasteiger partial charge is 0.507 e. The van der Waals surface area contributed by atoms with Crippen LogP contribution in [0.25, 0.3) is 0 Å². The number of carbonyl (C=O) groups excluding carboxylic acids is 2. The van der Waals surface area contributed by atoms with Crippen molar-refractivity contribution in [1.29, 1.82) is 0 Å². The van der Waals surface area contributed by atoms with E-state index < -0.39 is 23.3 Å². The highest BCUT2D eigenvalue weighted by Gasteiger charge is 2.36. The quantitative estimate of drug-likeness (QED) is 0.634. The van der Waals surface area contributed by atoms with Gasteiger partial charge in [-0.15, -0.1) is 0 Å². The molecule has 1 aliphatic carbocycles. The Bertz CT molecular complexity index is 910. The maximum Gasteiger partial charge on any atom is 0.339 e. The molecule has 3 rings (SSSR count). The third kappa shape index (κ3) is 2.07. The number of carboxylic acids is 1. The van der Waals surface area contributed by atoms with Gasteiger partial charge in [-0.1, -0.05) is 25.5 Å². The number of benzene rings is 2. The molecule has 0 aliphatic heterocycles. The lowest BCUT2D eigenvalue weighted by atomic mass is 10.2. The van der Waals surface area contributed by atoms with Gasteiger partial charge >= 0.3 is 5.97 Å². The number of carbonyl (C=O) groups is 3. The summed E-state index contributed by atoms with van der Waals surface area (Å²) in [5, 5.41) is 29.4. The number of phenolic OH excluding ortho intramolecular Hbond substituents is 1. The molecule has 122 valence electrons. The van der Waals surface area contributed by atoms with Gasteiger partial charge in [-0.3, -0.25) is 9.59 Å². The molecule has 2 aromatic carbocycles. The maximum atomic E-state index is 12.9. The summed E-state index contributed by atoms with van der Waals surface area (Å²) in [6.07, 6.45) is 0.728. The number of aromatic hydroxyl groups is 2. The van der Waals surface area contributed by atoms with Crippen LogP contribution in [0.15, 0.2) is 24.3 Å². The van der Waals surface area contributed by atoms with Crippen LogP contribution in [0.1, 0.15) is 61.1 Å². The van der Waals surface area contributed by atoms with Gasteiger partial charge in [0.1, 0.15) is 17.1 Å². The average Bonchev–Trinajstić information content (AvgIpc) is 2.51. The van der Waals surface area contributed by atoms with Crippen LogP contribution in [-0.4, -0.2) is 32.9 Å². The molecule has 1 aliphatic rings. The molecule has 0 radical (unpaired) electrons. The van der Waals surface area contributed by atoms with Gasteiger partial charge < -0.3 is 15.3 Å². The van der Waals surface area contributed by atoms with Crippen LogP contribution in [0.5, 0.6) is 11.5 Å². The number of fused-ring (bicyclic) bond motifs is 2. The van der Waals surface area contributed by atoms with E-state index in [1.165, 1.54) is 18.2 Å². The third-order valence-corrected chi connectivity index (χ3v) is 4.11. The van der Waals surface area contributed by atoms with Crippen molar-refractivity contribution in [2.75, 3.05) is 0 Å². The van der Waals surface area contributed by atoms with Crippen molar-refractivity contribution >= 4 is 17.5 Å². The topological polar surface area (TPSA) is 112 Å². The minimum absolute atomic E-state index is 0.0379. The van der Waals surface area contributed by atoms with E-state index in [4.69, 9.17) is 0 Å². The van der Waals surface area contributed by atoms with Crippen molar-refractivity contribution in [3.8, 4) is 11.5 Å². The first-order chi connectivity index (χ1) is 11.4. The Hall–Kier alpha value is -3.15. The van der Waals surface area contributed by atoms with E-state index in [1.54, 1.807) is 6.92 Å². The highest BCUT2D eigenvalue weighted by atomic mass is 16.5. The second kappa shape index (κ2) is 5.49. The van der Waals surface area contributed by atoms with Gasteiger partial charge in [-0.25, -0.2) is 4.79 Å². The number of ketones is 2. The first-order valence-corrected chi connectivity index (χ1v) is 7.42. The van der Waals surface area contributed by atoms with Crippen LogP contribution in [0, 0.1) is 0 Å². The van der Waals surface area contributed by atoms with Crippen molar-refractivity contribution < 1.29 is 29.7 Å². The molecule has 0 saturated heterocycles. The number of aromatic carboxylic acids is 1. The fourth-order valence-corrected chi connectivity index (χ4v) is 3.14. The molecule has 0 saturated carbocycles. The molecule has 0 aromatic heterocycles. The summed E-state index contributed by atoms with van der Waals surface area (Å²) in [6.45, 7) is 1.79. The van der Waals surface area contributed by atoms with Crippen molar-refractivity contribution in [2.24, 2.45) is 0 Å². The summed E-state index contributed by atoms with van der Waals surface area (Å²) >= 11 is 0. The summed E-state index contributed by atoms with van der Waals surface area (Å²) in [5.41, 5.74) is -0.440. The SMILES string of the molecule is C[13CH2]C[13c]1c([13C](=O)O)[13c](O)c[13c]2c1[13C](=O)c1[13c](O)c[13cH]c[13c]1C2=O. The number of hydrogen-bond acceptors (Lipinski definition) is 5. The molecule has 0 heterocycles. The molecular weight excluding hydrogens is 321 g/mol. The van der Waals surface area contributed by atoms with Gasteiger partial charge in [0, 0.05) is 16.7 Å². The molecule has 2 aromatic rings. The predicted octanol–water partition coefficient (Wildman–Crippen LogP) is 2.52. The lowest BCUT2D eigenvalue weighted by Crippen LogP contribution is -2.24. The van der Waals surface area contributed by atoms with E-state index in [0.717, 1.165) is 6.07 Å². The Morgan fingerprint density at radius 1 is 1.00 bits per heavy atom. The van der Waals surface area contributed by atoms with Crippen molar-refractivity contribution in [3.05, 3.63) is 57.6 Å². The molecule has 0 fully saturated rings. The summed E-state index contributed by atoms with van der Waals surface area (Å²) < 4.78 is 0. The van der Waals surface area contributed by atoms with Crippen LogP contribution >= 0.6 is 0 Å². The average molecular weight is 335 g/mol. The monoisotopic (exact) mass is 335 g/mol. The number of rotatable bonds is 3. The van der Waals surface area contributed by atoms with Gasteiger partial charge in [-0.2, -0.15) is 0 Å². The second-order valence-electron chi connectivity index (χ2n) is 5.58. The minimum atomic E-state index is -1.37. The molecular formula is C18H14O6. The molecule has 6 nitrogen and oxygen atoms in total.